The molecule has 0 aliphatic carbocycles. The standard InChI is InChI=1S/C14H21N3O2/c1-16(13-5-3-2-4-6-13)14(18)15-7-8-17-9-11-19-12-10-17/h2-6H,7-12H2,1H3,(H,15,18). The normalized spacial score (nSPS) is 16.1. The van der Waals surface area contributed by atoms with Gasteiger partial charge in [-0.1, -0.05) is 18.2 Å². The van der Waals surface area contributed by atoms with E-state index < -0.39 is 0 Å². The van der Waals surface area contributed by atoms with Crippen LogP contribution in [0.2, 0.25) is 0 Å². The lowest BCUT2D eigenvalue weighted by molar-refractivity contribution is 0.0387. The summed E-state index contributed by atoms with van der Waals surface area (Å²) in [6, 6.07) is 9.55. The summed E-state index contributed by atoms with van der Waals surface area (Å²) in [4.78, 5) is 15.9. The molecule has 104 valence electrons. The van der Waals surface area contributed by atoms with Gasteiger partial charge in [0.1, 0.15) is 0 Å². The molecule has 1 aliphatic rings. The minimum atomic E-state index is -0.0699. The second-order valence-corrected chi connectivity index (χ2v) is 4.58. The van der Waals surface area contributed by atoms with Gasteiger partial charge in [0.15, 0.2) is 0 Å². The molecule has 0 atom stereocenters. The van der Waals surface area contributed by atoms with E-state index in [-0.39, 0.29) is 6.03 Å². The molecule has 1 aromatic rings. The Morgan fingerprint density at radius 1 is 1.32 bits per heavy atom. The molecule has 2 amide bonds. The first-order chi connectivity index (χ1) is 9.27. The number of carbonyl (C=O) groups excluding carboxylic acids is 1. The molecule has 0 radical (unpaired) electrons. The monoisotopic (exact) mass is 263 g/mol. The maximum Gasteiger partial charge on any atom is 0.321 e. The number of carbonyl (C=O) groups is 1. The number of hydrogen-bond donors (Lipinski definition) is 1. The zero-order valence-electron chi connectivity index (χ0n) is 11.3. The van der Waals surface area contributed by atoms with Crippen molar-refractivity contribution in [2.45, 2.75) is 0 Å². The van der Waals surface area contributed by atoms with E-state index in [2.05, 4.69) is 10.2 Å². The first kappa shape index (κ1) is 13.8. The zero-order chi connectivity index (χ0) is 13.5. The van der Waals surface area contributed by atoms with Crippen molar-refractivity contribution in [2.24, 2.45) is 0 Å². The van der Waals surface area contributed by atoms with Crippen LogP contribution in [-0.2, 0) is 4.74 Å². The van der Waals surface area contributed by atoms with Crippen molar-refractivity contribution < 1.29 is 9.53 Å². The number of morpholine rings is 1. The average Bonchev–Trinajstić information content (AvgIpc) is 2.48. The Morgan fingerprint density at radius 2 is 2.00 bits per heavy atom. The molecule has 19 heavy (non-hydrogen) atoms. The van der Waals surface area contributed by atoms with Crippen LogP contribution in [0.3, 0.4) is 0 Å². The molecule has 1 aromatic carbocycles. The lowest BCUT2D eigenvalue weighted by atomic mass is 10.3. The van der Waals surface area contributed by atoms with Crippen LogP contribution in [0.15, 0.2) is 30.3 Å². The number of benzene rings is 1. The fourth-order valence-electron chi connectivity index (χ4n) is 2.03. The molecule has 1 N–H and O–H groups in total. The van der Waals surface area contributed by atoms with Crippen LogP contribution >= 0.6 is 0 Å². The molecule has 0 bridgehead atoms. The summed E-state index contributed by atoms with van der Waals surface area (Å²) in [5.41, 5.74) is 0.895. The first-order valence-corrected chi connectivity index (χ1v) is 6.64. The number of nitrogens with one attached hydrogen (secondary N) is 1. The molecule has 1 fully saturated rings. The molecule has 0 unspecified atom stereocenters. The minimum Gasteiger partial charge on any atom is -0.379 e. The minimum absolute atomic E-state index is 0.0699. The van der Waals surface area contributed by atoms with Crippen LogP contribution in [0.1, 0.15) is 0 Å². The maximum absolute atomic E-state index is 12.0. The van der Waals surface area contributed by atoms with Gasteiger partial charge in [-0.25, -0.2) is 4.79 Å². The fraction of sp³-hybridized carbons (Fsp3) is 0.500. The van der Waals surface area contributed by atoms with E-state index in [1.807, 2.05) is 30.3 Å². The molecule has 0 aromatic heterocycles. The van der Waals surface area contributed by atoms with Crippen molar-refractivity contribution in [2.75, 3.05) is 51.3 Å². The summed E-state index contributed by atoms with van der Waals surface area (Å²) < 4.78 is 5.29. The van der Waals surface area contributed by atoms with Crippen molar-refractivity contribution in [3.8, 4) is 0 Å². The molecular formula is C14H21N3O2. The van der Waals surface area contributed by atoms with Crippen LogP contribution in [-0.4, -0.2) is 57.4 Å². The van der Waals surface area contributed by atoms with E-state index in [1.54, 1.807) is 11.9 Å². The largest absolute Gasteiger partial charge is 0.379 e. The number of nitrogens with zero attached hydrogens (tertiary/aromatic N) is 2. The Kier molecular flexibility index (Phi) is 5.18. The van der Waals surface area contributed by atoms with Gasteiger partial charge < -0.3 is 10.1 Å². The number of anilines is 1. The highest BCUT2D eigenvalue weighted by atomic mass is 16.5. The third-order valence-electron chi connectivity index (χ3n) is 3.26. The third kappa shape index (κ3) is 4.22. The summed E-state index contributed by atoms with van der Waals surface area (Å²) in [7, 11) is 1.78. The Labute approximate surface area is 114 Å². The number of amides is 2. The smallest absolute Gasteiger partial charge is 0.321 e. The Balaban J connectivity index is 1.72. The third-order valence-corrected chi connectivity index (χ3v) is 3.26. The first-order valence-electron chi connectivity index (χ1n) is 6.64. The summed E-state index contributed by atoms with van der Waals surface area (Å²) in [5.74, 6) is 0. The predicted octanol–water partition coefficient (Wildman–Crippen LogP) is 1.16. The van der Waals surface area contributed by atoms with Crippen molar-refractivity contribution in [3.63, 3.8) is 0 Å². The van der Waals surface area contributed by atoms with Crippen molar-refractivity contribution >= 4 is 11.7 Å². The van der Waals surface area contributed by atoms with E-state index in [0.29, 0.717) is 6.54 Å². The second-order valence-electron chi connectivity index (χ2n) is 4.58. The van der Waals surface area contributed by atoms with Gasteiger partial charge in [0.05, 0.1) is 13.2 Å². The highest BCUT2D eigenvalue weighted by Crippen LogP contribution is 2.10. The molecule has 1 aliphatic heterocycles. The molecule has 1 heterocycles. The summed E-state index contributed by atoms with van der Waals surface area (Å²) >= 11 is 0. The van der Waals surface area contributed by atoms with Gasteiger partial charge in [-0.3, -0.25) is 9.80 Å². The molecule has 5 nitrogen and oxygen atoms in total. The molecule has 2 rings (SSSR count). The maximum atomic E-state index is 12.0. The highest BCUT2D eigenvalue weighted by molar-refractivity contribution is 5.91. The van der Waals surface area contributed by atoms with Crippen molar-refractivity contribution in [3.05, 3.63) is 30.3 Å². The number of urea groups is 1. The van der Waals surface area contributed by atoms with Crippen LogP contribution in [0.5, 0.6) is 0 Å². The van der Waals surface area contributed by atoms with E-state index in [9.17, 15) is 4.79 Å². The van der Waals surface area contributed by atoms with Gasteiger partial charge in [0.25, 0.3) is 0 Å². The van der Waals surface area contributed by atoms with Gasteiger partial charge in [0.2, 0.25) is 0 Å². The van der Waals surface area contributed by atoms with Crippen LogP contribution in [0.25, 0.3) is 0 Å². The highest BCUT2D eigenvalue weighted by Gasteiger charge is 2.12. The predicted molar refractivity (Wildman–Crippen MR) is 75.5 cm³/mol. The Bertz CT molecular complexity index is 391. The van der Waals surface area contributed by atoms with E-state index >= 15 is 0 Å². The van der Waals surface area contributed by atoms with Gasteiger partial charge in [-0.15, -0.1) is 0 Å². The Morgan fingerprint density at radius 3 is 2.68 bits per heavy atom. The quantitative estimate of drug-likeness (QED) is 0.886. The van der Waals surface area contributed by atoms with Crippen molar-refractivity contribution in [1.29, 1.82) is 0 Å². The SMILES string of the molecule is CN(C(=O)NCCN1CCOCC1)c1ccccc1. The number of rotatable bonds is 4. The van der Waals surface area contributed by atoms with Crippen LogP contribution < -0.4 is 10.2 Å². The summed E-state index contributed by atoms with van der Waals surface area (Å²) in [5, 5.41) is 2.93. The van der Waals surface area contributed by atoms with E-state index in [1.165, 1.54) is 0 Å². The zero-order valence-corrected chi connectivity index (χ0v) is 11.3. The molecule has 0 spiro atoms. The van der Waals surface area contributed by atoms with Gasteiger partial charge in [-0.05, 0) is 12.1 Å². The van der Waals surface area contributed by atoms with Crippen LogP contribution in [0.4, 0.5) is 10.5 Å². The van der Waals surface area contributed by atoms with Crippen molar-refractivity contribution in [1.82, 2.24) is 10.2 Å². The van der Waals surface area contributed by atoms with E-state index in [0.717, 1.165) is 38.5 Å². The summed E-state index contributed by atoms with van der Waals surface area (Å²) in [6.07, 6.45) is 0. The lowest BCUT2D eigenvalue weighted by Crippen LogP contribution is -2.44. The number of hydrogen-bond acceptors (Lipinski definition) is 3. The molecular weight excluding hydrogens is 242 g/mol. The van der Waals surface area contributed by atoms with Gasteiger partial charge in [-0.2, -0.15) is 0 Å². The topological polar surface area (TPSA) is 44.8 Å². The molecule has 1 saturated heterocycles. The number of ether oxygens (including phenoxy) is 1. The lowest BCUT2D eigenvalue weighted by Gasteiger charge is -2.27. The molecule has 5 heteroatoms. The van der Waals surface area contributed by atoms with Gasteiger partial charge >= 0.3 is 6.03 Å². The van der Waals surface area contributed by atoms with Crippen LogP contribution in [0, 0.1) is 0 Å². The number of para-hydroxylation sites is 1. The summed E-state index contributed by atoms with van der Waals surface area (Å²) in [6.45, 7) is 5.01. The second kappa shape index (κ2) is 7.11. The Hall–Kier alpha value is -1.59. The van der Waals surface area contributed by atoms with Gasteiger partial charge in [0, 0.05) is 38.9 Å². The fourth-order valence-corrected chi connectivity index (χ4v) is 2.03. The molecule has 0 saturated carbocycles. The average molecular weight is 263 g/mol. The van der Waals surface area contributed by atoms with E-state index in [4.69, 9.17) is 4.74 Å².